The molecular weight excluding hydrogens is 921 g/mol. The first kappa shape index (κ1) is 62.3. The molecule has 0 aromatic carbocycles. The average molecular weight is 1010 g/mol. The summed E-state index contributed by atoms with van der Waals surface area (Å²) in [7, 11) is 0. The van der Waals surface area contributed by atoms with Crippen LogP contribution in [0.15, 0.2) is 0 Å². The molecule has 20 heteroatoms. The van der Waals surface area contributed by atoms with Gasteiger partial charge in [-0.25, -0.2) is 0 Å². The van der Waals surface area contributed by atoms with Gasteiger partial charge in [-0.15, -0.1) is 0 Å². The summed E-state index contributed by atoms with van der Waals surface area (Å²) in [6.07, 6.45) is -6.40. The molecule has 410 valence electrons. The number of hydrogen-bond donors (Lipinski definition) is 9. The van der Waals surface area contributed by atoms with E-state index in [9.17, 15) is 60.3 Å². The van der Waals surface area contributed by atoms with E-state index in [0.29, 0.717) is 38.5 Å². The molecule has 0 spiro atoms. The van der Waals surface area contributed by atoms with Gasteiger partial charge in [0.2, 0.25) is 0 Å². The van der Waals surface area contributed by atoms with Crippen LogP contribution in [0.5, 0.6) is 0 Å². The van der Waals surface area contributed by atoms with Gasteiger partial charge in [-0.2, -0.15) is 0 Å². The summed E-state index contributed by atoms with van der Waals surface area (Å²) in [4.78, 5) is 35.3. The third-order valence-electron chi connectivity index (χ3n) is 13.3. The highest BCUT2D eigenvalue weighted by Crippen LogP contribution is 2.33. The molecule has 0 aliphatic carbocycles. The number of carbonyl (C=O) groups is 3. The largest absolute Gasteiger partial charge is 0.463 e. The number of aliphatic hydroxyl groups is 9. The van der Waals surface area contributed by atoms with Crippen molar-refractivity contribution in [3.8, 4) is 0 Å². The van der Waals surface area contributed by atoms with Gasteiger partial charge in [-0.1, -0.05) is 111 Å². The van der Waals surface area contributed by atoms with Crippen molar-refractivity contribution in [2.24, 2.45) is 5.92 Å². The Morgan fingerprint density at radius 1 is 0.586 bits per heavy atom. The van der Waals surface area contributed by atoms with Crippen molar-refractivity contribution in [3.63, 3.8) is 0 Å². The molecule has 0 aromatic heterocycles. The molecule has 0 bridgehead atoms. The van der Waals surface area contributed by atoms with Gasteiger partial charge >= 0.3 is 11.9 Å². The van der Waals surface area contributed by atoms with E-state index in [4.69, 9.17) is 37.9 Å². The van der Waals surface area contributed by atoms with Gasteiger partial charge < -0.3 is 83.9 Å². The van der Waals surface area contributed by atoms with Crippen LogP contribution in [0, 0.1) is 5.92 Å². The van der Waals surface area contributed by atoms with Crippen molar-refractivity contribution in [1.29, 1.82) is 0 Å². The number of esters is 2. The van der Waals surface area contributed by atoms with Crippen LogP contribution in [0.4, 0.5) is 0 Å². The zero-order chi connectivity index (χ0) is 51.8. The van der Waals surface area contributed by atoms with E-state index in [1.807, 2.05) is 20.8 Å². The Hall–Kier alpha value is -1.99. The van der Waals surface area contributed by atoms with E-state index < -0.39 is 129 Å². The van der Waals surface area contributed by atoms with E-state index in [1.54, 1.807) is 0 Å². The minimum atomic E-state index is -1.91. The number of ether oxygens (including phenoxy) is 8. The number of hydrogen-bond acceptors (Lipinski definition) is 20. The maximum atomic E-state index is 12.3. The van der Waals surface area contributed by atoms with Gasteiger partial charge in [-0.3, -0.25) is 14.4 Å². The lowest BCUT2D eigenvalue weighted by Crippen LogP contribution is -2.65. The summed E-state index contributed by atoms with van der Waals surface area (Å²) in [5.41, 5.74) is 0. The first-order chi connectivity index (χ1) is 33.3. The van der Waals surface area contributed by atoms with E-state index >= 15 is 0 Å². The predicted octanol–water partition coefficient (Wildman–Crippen LogP) is 2.76. The fourth-order valence-corrected chi connectivity index (χ4v) is 8.91. The van der Waals surface area contributed by atoms with Gasteiger partial charge in [0.25, 0.3) is 0 Å². The Balaban J connectivity index is 1.53. The van der Waals surface area contributed by atoms with Gasteiger partial charge in [0.05, 0.1) is 31.5 Å². The maximum Gasteiger partial charge on any atom is 0.306 e. The average Bonchev–Trinajstić information content (AvgIpc) is 3.31. The van der Waals surface area contributed by atoms with E-state index in [-0.39, 0.29) is 24.7 Å². The van der Waals surface area contributed by atoms with Crippen molar-refractivity contribution in [3.05, 3.63) is 0 Å². The third-order valence-corrected chi connectivity index (χ3v) is 13.3. The molecule has 0 aromatic rings. The van der Waals surface area contributed by atoms with Crippen LogP contribution in [0.2, 0.25) is 0 Å². The topological polar surface area (TPSA) is 307 Å². The van der Waals surface area contributed by atoms with Gasteiger partial charge in [0, 0.05) is 13.3 Å². The standard InChI is InChI=1S/C50H90O20/c1-6-7-21-33(22-20-25-36(55)35(54)24-19-17-15-13-11-9-8-10-12-14-16-18-23-34(53)31(4)51)67-49-46(41(58)37(56)27-64-49)70-50-47(43(60)39(29-65-50)66-32(5)52)69-48-45(62)44(61)42(59)38(68-48)28-63-40(57)26-30(2)3/h30,33-39,41-50,53-56,58-62H,6-29H2,1-5H3/t33?,34-,35?,36-,37-,38-,39-,41+,42-,43+,44+,45-,46-,47-,48+,49?,50+/m0/s1. The predicted molar refractivity (Wildman–Crippen MR) is 251 cm³/mol. The Kier molecular flexibility index (Phi) is 30.0. The summed E-state index contributed by atoms with van der Waals surface area (Å²) < 4.78 is 46.6. The minimum Gasteiger partial charge on any atom is -0.463 e. The van der Waals surface area contributed by atoms with Crippen molar-refractivity contribution in [2.75, 3.05) is 19.8 Å². The maximum absolute atomic E-state index is 12.3. The van der Waals surface area contributed by atoms with Crippen LogP contribution in [0.25, 0.3) is 0 Å². The number of unbranched alkanes of at least 4 members (excludes halogenated alkanes) is 12. The number of carbonyl (C=O) groups excluding carboxylic acids is 3. The quantitative estimate of drug-likeness (QED) is 0.0326. The van der Waals surface area contributed by atoms with Crippen molar-refractivity contribution in [2.45, 2.75) is 274 Å². The number of aliphatic hydroxyl groups excluding tert-OH is 9. The van der Waals surface area contributed by atoms with Crippen molar-refractivity contribution in [1.82, 2.24) is 0 Å². The van der Waals surface area contributed by atoms with E-state index in [2.05, 4.69) is 0 Å². The van der Waals surface area contributed by atoms with Crippen LogP contribution in [0.3, 0.4) is 0 Å². The lowest BCUT2D eigenvalue weighted by Gasteiger charge is -2.46. The fraction of sp³-hybridized carbons (Fsp3) is 0.940. The van der Waals surface area contributed by atoms with Gasteiger partial charge in [0.1, 0.15) is 67.6 Å². The molecule has 70 heavy (non-hydrogen) atoms. The Labute approximate surface area is 414 Å². The van der Waals surface area contributed by atoms with Crippen LogP contribution in [-0.4, -0.2) is 188 Å². The lowest BCUT2D eigenvalue weighted by atomic mass is 9.98. The zero-order valence-electron chi connectivity index (χ0n) is 42.4. The first-order valence-corrected chi connectivity index (χ1v) is 26.1. The summed E-state index contributed by atoms with van der Waals surface area (Å²) >= 11 is 0. The molecule has 0 amide bonds. The summed E-state index contributed by atoms with van der Waals surface area (Å²) in [6, 6.07) is 0. The van der Waals surface area contributed by atoms with E-state index in [1.165, 1.54) is 39.0 Å². The number of rotatable bonds is 35. The smallest absolute Gasteiger partial charge is 0.306 e. The zero-order valence-corrected chi connectivity index (χ0v) is 42.4. The second-order valence-electron chi connectivity index (χ2n) is 20.0. The van der Waals surface area contributed by atoms with Crippen LogP contribution < -0.4 is 0 Å². The highest BCUT2D eigenvalue weighted by molar-refractivity contribution is 5.80. The first-order valence-electron chi connectivity index (χ1n) is 26.1. The van der Waals surface area contributed by atoms with Gasteiger partial charge in [0.15, 0.2) is 30.8 Å². The van der Waals surface area contributed by atoms with Crippen molar-refractivity contribution >= 4 is 17.7 Å². The summed E-state index contributed by atoms with van der Waals surface area (Å²) in [5, 5.41) is 97.1. The Morgan fingerprint density at radius 3 is 1.69 bits per heavy atom. The molecule has 3 heterocycles. The second-order valence-corrected chi connectivity index (χ2v) is 20.0. The lowest BCUT2D eigenvalue weighted by molar-refractivity contribution is -0.380. The molecule has 3 unspecified atom stereocenters. The summed E-state index contributed by atoms with van der Waals surface area (Å²) in [6.45, 7) is 6.94. The Bertz CT molecular complexity index is 1440. The molecule has 0 radical (unpaired) electrons. The SMILES string of the molecule is CCCCC(CCC[C@H](O)C(O)CCCCCCCCCCCCCC[C@H](O)C(C)=O)OC1OC[C@H](O)[C@@H](O)[C@@H]1O[C@H]1OC[C@H](OC(C)=O)[C@@H](O)[C@@H]1O[C@H]1O[C@@H](COC(=O)CC(C)C)[C@H](O)[C@@H](O)[C@@H]1O. The Morgan fingerprint density at radius 2 is 1.11 bits per heavy atom. The normalized spacial score (nSPS) is 31.2. The highest BCUT2D eigenvalue weighted by Gasteiger charge is 2.52. The minimum absolute atomic E-state index is 0.0242. The molecule has 0 saturated carbocycles. The molecule has 3 aliphatic rings. The van der Waals surface area contributed by atoms with Crippen LogP contribution >= 0.6 is 0 Å². The number of ketones is 1. The summed E-state index contributed by atoms with van der Waals surface area (Å²) in [5.74, 6) is -1.54. The molecule has 17 atom stereocenters. The molecule has 3 aliphatic heterocycles. The molecule has 3 fully saturated rings. The third kappa shape index (κ3) is 22.2. The molecule has 9 N–H and O–H groups in total. The van der Waals surface area contributed by atoms with E-state index in [0.717, 1.165) is 64.7 Å². The highest BCUT2D eigenvalue weighted by atomic mass is 16.8. The van der Waals surface area contributed by atoms with Crippen molar-refractivity contribution < 1.29 is 98.2 Å². The molecule has 20 nitrogen and oxygen atoms in total. The van der Waals surface area contributed by atoms with Gasteiger partial charge in [-0.05, 0) is 51.4 Å². The fourth-order valence-electron chi connectivity index (χ4n) is 8.91. The van der Waals surface area contributed by atoms with Crippen LogP contribution in [0.1, 0.15) is 169 Å². The molecule has 3 rings (SSSR count). The molecule has 3 saturated heterocycles. The monoisotopic (exact) mass is 1010 g/mol. The molecular formula is C50H90O20. The number of Topliss-reactive ketones (excluding diaryl/α,β-unsaturated/α-hetero) is 1. The van der Waals surface area contributed by atoms with Crippen LogP contribution in [-0.2, 0) is 52.3 Å². The second kappa shape index (κ2) is 33.8.